The summed E-state index contributed by atoms with van der Waals surface area (Å²) in [6.45, 7) is 4.23. The largest absolute Gasteiger partial charge is 0.292 e. The van der Waals surface area contributed by atoms with Crippen LogP contribution in [0.15, 0.2) is 24.4 Å². The SMILES string of the molecule is CC(C)CCC(=O)c1ccccn1. The lowest BCUT2D eigenvalue weighted by molar-refractivity contribution is 0.0970. The minimum atomic E-state index is 0.148. The molecule has 0 amide bonds. The van der Waals surface area contributed by atoms with Crippen molar-refractivity contribution in [2.24, 2.45) is 5.92 Å². The Kier molecular flexibility index (Phi) is 3.62. The fourth-order valence-electron chi connectivity index (χ4n) is 1.08. The molecule has 1 aromatic heterocycles. The highest BCUT2D eigenvalue weighted by molar-refractivity contribution is 5.94. The quantitative estimate of drug-likeness (QED) is 0.662. The Morgan fingerprint density at radius 1 is 1.46 bits per heavy atom. The van der Waals surface area contributed by atoms with Gasteiger partial charge in [-0.05, 0) is 24.5 Å². The molecule has 0 unspecified atom stereocenters. The van der Waals surface area contributed by atoms with E-state index in [0.29, 0.717) is 18.0 Å². The normalized spacial score (nSPS) is 10.4. The molecule has 0 radical (unpaired) electrons. The maximum absolute atomic E-state index is 11.5. The van der Waals surface area contributed by atoms with Gasteiger partial charge in [0.25, 0.3) is 0 Å². The Morgan fingerprint density at radius 2 is 2.23 bits per heavy atom. The molecule has 0 aliphatic rings. The lowest BCUT2D eigenvalue weighted by Crippen LogP contribution is -2.03. The lowest BCUT2D eigenvalue weighted by atomic mass is 10.0. The third-order valence-electron chi connectivity index (χ3n) is 1.90. The molecule has 0 aliphatic carbocycles. The molecule has 2 nitrogen and oxygen atoms in total. The van der Waals surface area contributed by atoms with E-state index in [1.165, 1.54) is 0 Å². The maximum Gasteiger partial charge on any atom is 0.181 e. The lowest BCUT2D eigenvalue weighted by Gasteiger charge is -2.02. The van der Waals surface area contributed by atoms with Gasteiger partial charge >= 0.3 is 0 Å². The second-order valence-corrected chi connectivity index (χ2v) is 3.57. The zero-order chi connectivity index (χ0) is 9.68. The van der Waals surface area contributed by atoms with Crippen LogP contribution in [0.25, 0.3) is 0 Å². The molecule has 1 aromatic rings. The number of nitrogens with zero attached hydrogens (tertiary/aromatic N) is 1. The van der Waals surface area contributed by atoms with E-state index in [1.807, 2.05) is 12.1 Å². The highest BCUT2D eigenvalue weighted by Gasteiger charge is 2.06. The highest BCUT2D eigenvalue weighted by atomic mass is 16.1. The molecule has 1 heterocycles. The van der Waals surface area contributed by atoms with Gasteiger partial charge in [-0.2, -0.15) is 0 Å². The Morgan fingerprint density at radius 3 is 2.77 bits per heavy atom. The van der Waals surface area contributed by atoms with Crippen LogP contribution in [0.5, 0.6) is 0 Å². The second kappa shape index (κ2) is 4.75. The molecule has 0 saturated carbocycles. The first-order valence-electron chi connectivity index (χ1n) is 4.64. The van der Waals surface area contributed by atoms with Crippen LogP contribution in [-0.4, -0.2) is 10.8 Å². The van der Waals surface area contributed by atoms with Gasteiger partial charge < -0.3 is 0 Å². The Balaban J connectivity index is 2.50. The van der Waals surface area contributed by atoms with E-state index in [0.717, 1.165) is 6.42 Å². The molecule has 0 aliphatic heterocycles. The molecule has 0 fully saturated rings. The molecule has 2 heteroatoms. The number of pyridine rings is 1. The maximum atomic E-state index is 11.5. The molecule has 13 heavy (non-hydrogen) atoms. The molecule has 0 bridgehead atoms. The van der Waals surface area contributed by atoms with E-state index >= 15 is 0 Å². The van der Waals surface area contributed by atoms with Crippen molar-refractivity contribution in [3.05, 3.63) is 30.1 Å². The Bertz CT molecular complexity index is 267. The van der Waals surface area contributed by atoms with Crippen molar-refractivity contribution in [1.82, 2.24) is 4.98 Å². The monoisotopic (exact) mass is 177 g/mol. The van der Waals surface area contributed by atoms with Gasteiger partial charge in [0.1, 0.15) is 5.69 Å². The van der Waals surface area contributed by atoms with Crippen LogP contribution in [-0.2, 0) is 0 Å². The first-order valence-corrected chi connectivity index (χ1v) is 4.64. The topological polar surface area (TPSA) is 30.0 Å². The summed E-state index contributed by atoms with van der Waals surface area (Å²) >= 11 is 0. The van der Waals surface area contributed by atoms with E-state index in [1.54, 1.807) is 12.3 Å². The number of hydrogen-bond acceptors (Lipinski definition) is 2. The smallest absolute Gasteiger partial charge is 0.181 e. The van der Waals surface area contributed by atoms with Gasteiger partial charge in [0.05, 0.1) is 0 Å². The molecule has 0 spiro atoms. The Hall–Kier alpha value is -1.18. The van der Waals surface area contributed by atoms with Gasteiger partial charge in [0.2, 0.25) is 0 Å². The van der Waals surface area contributed by atoms with Crippen molar-refractivity contribution in [2.75, 3.05) is 0 Å². The number of ketones is 1. The number of rotatable bonds is 4. The third kappa shape index (κ3) is 3.36. The average Bonchev–Trinajstić information content (AvgIpc) is 2.15. The second-order valence-electron chi connectivity index (χ2n) is 3.57. The first kappa shape index (κ1) is 9.90. The standard InChI is InChI=1S/C11H15NO/c1-9(2)6-7-11(13)10-5-3-4-8-12-10/h3-5,8-9H,6-7H2,1-2H3. The van der Waals surface area contributed by atoms with Crippen molar-refractivity contribution in [2.45, 2.75) is 26.7 Å². The van der Waals surface area contributed by atoms with Crippen LogP contribution in [0.1, 0.15) is 37.2 Å². The van der Waals surface area contributed by atoms with Crippen LogP contribution < -0.4 is 0 Å². The minimum absolute atomic E-state index is 0.148. The van der Waals surface area contributed by atoms with Crippen LogP contribution in [0, 0.1) is 5.92 Å². The molecular formula is C11H15NO. The predicted octanol–water partition coefficient (Wildman–Crippen LogP) is 2.70. The molecule has 1 rings (SSSR count). The zero-order valence-corrected chi connectivity index (χ0v) is 8.16. The van der Waals surface area contributed by atoms with E-state index in [9.17, 15) is 4.79 Å². The number of carbonyl (C=O) groups is 1. The summed E-state index contributed by atoms with van der Waals surface area (Å²) in [4.78, 5) is 15.5. The highest BCUT2D eigenvalue weighted by Crippen LogP contribution is 2.07. The fourth-order valence-corrected chi connectivity index (χ4v) is 1.08. The summed E-state index contributed by atoms with van der Waals surface area (Å²) in [5.41, 5.74) is 0.586. The van der Waals surface area contributed by atoms with E-state index in [2.05, 4.69) is 18.8 Å². The van der Waals surface area contributed by atoms with E-state index < -0.39 is 0 Å². The molecule has 0 atom stereocenters. The van der Waals surface area contributed by atoms with Gasteiger partial charge in [-0.15, -0.1) is 0 Å². The van der Waals surface area contributed by atoms with Gasteiger partial charge in [-0.3, -0.25) is 9.78 Å². The molecule has 70 valence electrons. The van der Waals surface area contributed by atoms with Crippen molar-refractivity contribution in [1.29, 1.82) is 0 Å². The Labute approximate surface area is 79.0 Å². The summed E-state index contributed by atoms with van der Waals surface area (Å²) in [5, 5.41) is 0. The van der Waals surface area contributed by atoms with Crippen LogP contribution in [0.2, 0.25) is 0 Å². The molecule has 0 N–H and O–H groups in total. The number of aromatic nitrogens is 1. The molecular weight excluding hydrogens is 162 g/mol. The van der Waals surface area contributed by atoms with Crippen LogP contribution >= 0.6 is 0 Å². The summed E-state index contributed by atoms with van der Waals surface area (Å²) < 4.78 is 0. The fraction of sp³-hybridized carbons (Fsp3) is 0.455. The average molecular weight is 177 g/mol. The number of carbonyl (C=O) groups excluding carboxylic acids is 1. The van der Waals surface area contributed by atoms with Crippen molar-refractivity contribution in [3.63, 3.8) is 0 Å². The summed E-state index contributed by atoms with van der Waals surface area (Å²) in [6.07, 6.45) is 3.20. The first-order chi connectivity index (χ1) is 6.20. The van der Waals surface area contributed by atoms with Crippen LogP contribution in [0.3, 0.4) is 0 Å². The third-order valence-corrected chi connectivity index (χ3v) is 1.90. The summed E-state index contributed by atoms with van der Waals surface area (Å²) in [6, 6.07) is 5.43. The van der Waals surface area contributed by atoms with Gasteiger partial charge in [0.15, 0.2) is 5.78 Å². The van der Waals surface area contributed by atoms with Crippen molar-refractivity contribution in [3.8, 4) is 0 Å². The molecule has 0 aromatic carbocycles. The molecule has 0 saturated heterocycles. The van der Waals surface area contributed by atoms with Crippen molar-refractivity contribution < 1.29 is 4.79 Å². The van der Waals surface area contributed by atoms with Crippen molar-refractivity contribution >= 4 is 5.78 Å². The number of hydrogen-bond donors (Lipinski definition) is 0. The van der Waals surface area contributed by atoms with Gasteiger partial charge in [0, 0.05) is 12.6 Å². The predicted molar refractivity (Wildman–Crippen MR) is 52.6 cm³/mol. The minimum Gasteiger partial charge on any atom is -0.292 e. The summed E-state index contributed by atoms with van der Waals surface area (Å²) in [5.74, 6) is 0.724. The number of Topliss-reactive ketones (excluding diaryl/α,β-unsaturated/α-hetero) is 1. The van der Waals surface area contributed by atoms with Gasteiger partial charge in [-0.1, -0.05) is 19.9 Å². The zero-order valence-electron chi connectivity index (χ0n) is 8.16. The van der Waals surface area contributed by atoms with Gasteiger partial charge in [-0.25, -0.2) is 0 Å². The summed E-state index contributed by atoms with van der Waals surface area (Å²) in [7, 11) is 0. The van der Waals surface area contributed by atoms with E-state index in [4.69, 9.17) is 0 Å². The van der Waals surface area contributed by atoms with E-state index in [-0.39, 0.29) is 5.78 Å². The van der Waals surface area contributed by atoms with Crippen LogP contribution in [0.4, 0.5) is 0 Å².